The third kappa shape index (κ3) is 7.24. The lowest BCUT2D eigenvalue weighted by atomic mass is 10.0. The summed E-state index contributed by atoms with van der Waals surface area (Å²) in [5.41, 5.74) is -1.09. The number of hydrogen-bond donors (Lipinski definition) is 2. The van der Waals surface area contributed by atoms with E-state index in [1.165, 1.54) is 18.2 Å². The topological polar surface area (TPSA) is 111 Å². The molecular formula is C16H22IN3O5. The standard InChI is InChI=1S/C16H22IN3O5/c1-15(2,3)25-14(22)18-9-16(4,5)19-13(21)11-7-6-10(20(23)24)8-12(11)17/h6-8H,9H2,1-5H3,(H,18,22)(H,19,21). The van der Waals surface area contributed by atoms with E-state index >= 15 is 0 Å². The van der Waals surface area contributed by atoms with Gasteiger partial charge in [-0.2, -0.15) is 0 Å². The molecule has 8 nitrogen and oxygen atoms in total. The number of alkyl carbamates (subject to hydrolysis) is 1. The Balaban J connectivity index is 2.71. The fourth-order valence-corrected chi connectivity index (χ4v) is 2.57. The van der Waals surface area contributed by atoms with Crippen molar-refractivity contribution in [1.82, 2.24) is 10.6 Å². The lowest BCUT2D eigenvalue weighted by Gasteiger charge is -2.28. The Morgan fingerprint density at radius 2 is 1.84 bits per heavy atom. The fourth-order valence-electron chi connectivity index (χ4n) is 1.83. The van der Waals surface area contributed by atoms with Gasteiger partial charge < -0.3 is 15.4 Å². The number of benzene rings is 1. The van der Waals surface area contributed by atoms with Crippen LogP contribution in [0, 0.1) is 13.7 Å². The molecule has 25 heavy (non-hydrogen) atoms. The molecule has 0 bridgehead atoms. The van der Waals surface area contributed by atoms with E-state index in [0.29, 0.717) is 9.13 Å². The Morgan fingerprint density at radius 3 is 2.32 bits per heavy atom. The molecule has 0 aliphatic rings. The predicted molar refractivity (Wildman–Crippen MR) is 102 cm³/mol. The minimum absolute atomic E-state index is 0.0770. The van der Waals surface area contributed by atoms with Gasteiger partial charge in [-0.05, 0) is 63.3 Å². The minimum atomic E-state index is -0.737. The first-order valence-corrected chi connectivity index (χ1v) is 8.62. The first-order chi connectivity index (χ1) is 11.3. The number of rotatable bonds is 5. The third-order valence-corrected chi connectivity index (χ3v) is 3.83. The highest BCUT2D eigenvalue weighted by Crippen LogP contribution is 2.20. The average molecular weight is 463 g/mol. The SMILES string of the molecule is CC(C)(CNC(=O)OC(C)(C)C)NC(=O)c1ccc([N+](=O)[O-])cc1I. The van der Waals surface area contributed by atoms with Gasteiger partial charge in [0.1, 0.15) is 5.60 Å². The van der Waals surface area contributed by atoms with Crippen LogP contribution in [0.2, 0.25) is 0 Å². The van der Waals surface area contributed by atoms with Crippen molar-refractivity contribution < 1.29 is 19.2 Å². The first kappa shape index (κ1) is 21.1. The summed E-state index contributed by atoms with van der Waals surface area (Å²) in [5, 5.41) is 16.2. The third-order valence-electron chi connectivity index (χ3n) is 2.93. The Kier molecular flexibility index (Phi) is 6.75. The van der Waals surface area contributed by atoms with Crippen LogP contribution in [0.5, 0.6) is 0 Å². The zero-order valence-electron chi connectivity index (χ0n) is 14.8. The molecule has 1 aromatic carbocycles. The summed E-state index contributed by atoms with van der Waals surface area (Å²) in [5.74, 6) is -0.379. The van der Waals surface area contributed by atoms with Gasteiger partial charge >= 0.3 is 6.09 Å². The molecule has 0 heterocycles. The highest BCUT2D eigenvalue weighted by Gasteiger charge is 2.25. The summed E-state index contributed by atoms with van der Waals surface area (Å²) in [6.07, 6.45) is -0.570. The van der Waals surface area contributed by atoms with Gasteiger partial charge in [0.25, 0.3) is 11.6 Å². The summed E-state index contributed by atoms with van der Waals surface area (Å²) < 4.78 is 5.62. The van der Waals surface area contributed by atoms with E-state index in [9.17, 15) is 19.7 Å². The van der Waals surface area contributed by atoms with Crippen molar-refractivity contribution in [2.75, 3.05) is 6.54 Å². The Labute approximate surface area is 160 Å². The van der Waals surface area contributed by atoms with Gasteiger partial charge in [0.05, 0.1) is 16.0 Å². The summed E-state index contributed by atoms with van der Waals surface area (Å²) in [6, 6.07) is 4.02. The Bertz CT molecular complexity index is 683. The van der Waals surface area contributed by atoms with E-state index < -0.39 is 22.2 Å². The quantitative estimate of drug-likeness (QED) is 0.396. The molecule has 2 N–H and O–H groups in total. The Morgan fingerprint density at radius 1 is 1.24 bits per heavy atom. The largest absolute Gasteiger partial charge is 0.444 e. The van der Waals surface area contributed by atoms with Crippen LogP contribution in [0.1, 0.15) is 45.0 Å². The molecule has 0 saturated carbocycles. The number of ether oxygens (including phenoxy) is 1. The maximum Gasteiger partial charge on any atom is 0.407 e. The molecule has 0 aliphatic carbocycles. The van der Waals surface area contributed by atoms with Crippen molar-refractivity contribution in [3.8, 4) is 0 Å². The van der Waals surface area contributed by atoms with Crippen LogP contribution in [-0.4, -0.2) is 34.6 Å². The zero-order valence-corrected chi connectivity index (χ0v) is 17.0. The van der Waals surface area contributed by atoms with Gasteiger partial charge in [0.2, 0.25) is 0 Å². The maximum absolute atomic E-state index is 12.4. The van der Waals surface area contributed by atoms with E-state index in [2.05, 4.69) is 10.6 Å². The zero-order chi connectivity index (χ0) is 19.4. The average Bonchev–Trinajstić information content (AvgIpc) is 2.42. The van der Waals surface area contributed by atoms with E-state index in [4.69, 9.17) is 4.74 Å². The molecule has 0 saturated heterocycles. The second-order valence-electron chi connectivity index (χ2n) is 7.11. The van der Waals surface area contributed by atoms with Gasteiger partial charge in [-0.3, -0.25) is 14.9 Å². The summed E-state index contributed by atoms with van der Waals surface area (Å²) in [6.45, 7) is 8.94. The number of non-ortho nitro benzene ring substituents is 1. The lowest BCUT2D eigenvalue weighted by Crippen LogP contribution is -2.52. The number of carbonyl (C=O) groups excluding carboxylic acids is 2. The maximum atomic E-state index is 12.4. The predicted octanol–water partition coefficient (Wildman–Crippen LogP) is 3.23. The van der Waals surface area contributed by atoms with Gasteiger partial charge in [0.15, 0.2) is 0 Å². The molecule has 0 fully saturated rings. The molecule has 0 radical (unpaired) electrons. The van der Waals surface area contributed by atoms with E-state index in [1.54, 1.807) is 34.6 Å². The molecule has 0 unspecified atom stereocenters. The van der Waals surface area contributed by atoms with E-state index in [0.717, 1.165) is 0 Å². The van der Waals surface area contributed by atoms with Crippen molar-refractivity contribution in [3.05, 3.63) is 37.4 Å². The highest BCUT2D eigenvalue weighted by atomic mass is 127. The van der Waals surface area contributed by atoms with Crippen LogP contribution in [0.15, 0.2) is 18.2 Å². The second-order valence-corrected chi connectivity index (χ2v) is 8.28. The van der Waals surface area contributed by atoms with E-state index in [1.807, 2.05) is 22.6 Å². The lowest BCUT2D eigenvalue weighted by molar-refractivity contribution is -0.384. The number of nitro benzene ring substituents is 1. The number of carbonyl (C=O) groups is 2. The van der Waals surface area contributed by atoms with Gasteiger partial charge in [-0.1, -0.05) is 0 Å². The number of amides is 2. The van der Waals surface area contributed by atoms with Crippen molar-refractivity contribution in [2.45, 2.75) is 45.8 Å². The molecule has 0 aromatic heterocycles. The molecule has 9 heteroatoms. The number of halogens is 1. The fraction of sp³-hybridized carbons (Fsp3) is 0.500. The molecule has 0 aliphatic heterocycles. The molecule has 138 valence electrons. The Hall–Kier alpha value is -1.91. The number of hydrogen-bond acceptors (Lipinski definition) is 5. The normalized spacial score (nSPS) is 11.6. The number of nitrogens with one attached hydrogen (secondary N) is 2. The molecule has 1 aromatic rings. The van der Waals surface area contributed by atoms with Crippen molar-refractivity contribution >= 4 is 40.3 Å². The van der Waals surface area contributed by atoms with Gasteiger partial charge in [-0.25, -0.2) is 4.79 Å². The second kappa shape index (κ2) is 7.98. The minimum Gasteiger partial charge on any atom is -0.444 e. The first-order valence-electron chi connectivity index (χ1n) is 7.54. The van der Waals surface area contributed by atoms with E-state index in [-0.39, 0.29) is 18.1 Å². The number of nitrogens with zero attached hydrogens (tertiary/aromatic N) is 1. The monoisotopic (exact) mass is 463 g/mol. The summed E-state index contributed by atoms with van der Waals surface area (Å²) >= 11 is 1.88. The smallest absolute Gasteiger partial charge is 0.407 e. The summed E-state index contributed by atoms with van der Waals surface area (Å²) in [4.78, 5) is 34.4. The molecule has 0 atom stereocenters. The van der Waals surface area contributed by atoms with Crippen LogP contribution >= 0.6 is 22.6 Å². The molecule has 0 spiro atoms. The van der Waals surface area contributed by atoms with Crippen LogP contribution in [-0.2, 0) is 4.74 Å². The van der Waals surface area contributed by atoms with Crippen molar-refractivity contribution in [3.63, 3.8) is 0 Å². The van der Waals surface area contributed by atoms with Crippen LogP contribution < -0.4 is 10.6 Å². The number of nitro groups is 1. The molecule has 1 rings (SSSR count). The summed E-state index contributed by atoms with van der Waals surface area (Å²) in [7, 11) is 0. The van der Waals surface area contributed by atoms with Gasteiger partial charge in [0, 0.05) is 22.2 Å². The van der Waals surface area contributed by atoms with Crippen LogP contribution in [0.4, 0.5) is 10.5 Å². The van der Waals surface area contributed by atoms with Crippen molar-refractivity contribution in [2.24, 2.45) is 0 Å². The van der Waals surface area contributed by atoms with Crippen LogP contribution in [0.25, 0.3) is 0 Å². The molecule has 2 amide bonds. The van der Waals surface area contributed by atoms with Crippen molar-refractivity contribution in [1.29, 1.82) is 0 Å². The van der Waals surface area contributed by atoms with Crippen LogP contribution in [0.3, 0.4) is 0 Å². The molecular weight excluding hydrogens is 441 g/mol. The van der Waals surface area contributed by atoms with Gasteiger partial charge in [-0.15, -0.1) is 0 Å². The highest BCUT2D eigenvalue weighted by molar-refractivity contribution is 14.1.